The molecule has 596 valence electrons. The van der Waals surface area contributed by atoms with Crippen LogP contribution < -0.4 is 10.9 Å². The monoisotopic (exact) mass is 1640 g/mol. The highest BCUT2D eigenvalue weighted by molar-refractivity contribution is 7.39. The lowest BCUT2D eigenvalue weighted by Crippen LogP contribution is -2.66. The third-order valence-corrected chi connectivity index (χ3v) is 42.4. The van der Waals surface area contributed by atoms with E-state index in [1.165, 1.54) is 100 Å². The normalized spacial score (nSPS) is 20.2. The largest absolute Gasteiger partial charge is 0.285 e. The van der Waals surface area contributed by atoms with Crippen molar-refractivity contribution >= 4 is 136 Å². The maximum Gasteiger partial charge on any atom is 0.285 e. The number of halogens is 4. The molecule has 8 aromatic rings. The van der Waals surface area contributed by atoms with Crippen LogP contribution in [0, 0.1) is 0 Å². The minimum Gasteiger partial charge on any atom is -0.195 e. The Labute approximate surface area is 709 Å². The first-order chi connectivity index (χ1) is 50.8. The van der Waals surface area contributed by atoms with Gasteiger partial charge in [0.15, 0.2) is 0 Å². The van der Waals surface area contributed by atoms with Crippen molar-refractivity contribution in [2.75, 3.05) is 0 Å². The van der Waals surface area contributed by atoms with E-state index < -0.39 is 51.8 Å². The zero-order chi connectivity index (χ0) is 84.5. The number of hydrogen-bond donors (Lipinski definition) is 0. The van der Waals surface area contributed by atoms with Crippen LogP contribution in [0.15, 0.2) is 194 Å². The Bertz CT molecular complexity index is 4340. The molecule has 12 heteroatoms. The quantitative estimate of drug-likeness (QED) is 0.0952. The molecule has 112 heavy (non-hydrogen) atoms. The fourth-order valence-electron chi connectivity index (χ4n) is 19.0. The highest BCUT2D eigenvalue weighted by Gasteiger charge is 2.76. The maximum atomic E-state index is 8.86. The molecule has 8 aromatic carbocycles. The van der Waals surface area contributed by atoms with Gasteiger partial charge in [-0.05, 0) is 153 Å². The van der Waals surface area contributed by atoms with Crippen LogP contribution in [0.5, 0.6) is 0 Å². The Kier molecular flexibility index (Phi) is 25.3. The molecule has 2 heterocycles. The number of benzene rings is 8. The van der Waals surface area contributed by atoms with Crippen LogP contribution in [-0.4, -0.2) is 56.8 Å². The zero-order valence-electron chi connectivity index (χ0n) is 76.3. The van der Waals surface area contributed by atoms with Crippen molar-refractivity contribution in [1.82, 2.24) is 0 Å². The third kappa shape index (κ3) is 16.6. The van der Waals surface area contributed by atoms with Gasteiger partial charge in [-0.25, -0.2) is 0 Å². The predicted molar refractivity (Wildman–Crippen MR) is 523 cm³/mol. The summed E-state index contributed by atoms with van der Waals surface area (Å²) in [6.45, 7) is 87.1. The molecule has 0 fully saturated rings. The van der Waals surface area contributed by atoms with Crippen molar-refractivity contribution in [2.45, 2.75) is 308 Å². The molecule has 2 aliphatic rings. The van der Waals surface area contributed by atoms with E-state index in [0.717, 1.165) is 10.9 Å². The lowest BCUT2D eigenvalue weighted by atomic mass is 9.35. The van der Waals surface area contributed by atoms with E-state index in [4.69, 9.17) is 45.8 Å². The summed E-state index contributed by atoms with van der Waals surface area (Å²) in [4.78, 5) is -2.18. The van der Waals surface area contributed by atoms with Crippen LogP contribution in [-0.2, 0) is 53.2 Å². The van der Waals surface area contributed by atoms with Gasteiger partial charge in [0.1, 0.15) is 0 Å². The Balaban J connectivity index is 0.000000257. The van der Waals surface area contributed by atoms with Crippen molar-refractivity contribution in [3.8, 4) is 0 Å². The van der Waals surface area contributed by atoms with Gasteiger partial charge in [0, 0.05) is 26.0 Å². The Hall–Kier alpha value is -4.47. The average molecular weight is 1640 g/mol. The van der Waals surface area contributed by atoms with Crippen LogP contribution >= 0.6 is 45.8 Å². The van der Waals surface area contributed by atoms with Gasteiger partial charge in [-0.2, -0.15) is 45.8 Å². The summed E-state index contributed by atoms with van der Waals surface area (Å²) in [5.74, 6) is 0. The fourth-order valence-corrected chi connectivity index (χ4v) is 38.9. The summed E-state index contributed by atoms with van der Waals surface area (Å²) < 4.78 is 0. The van der Waals surface area contributed by atoms with E-state index >= 15 is 0 Å². The molecule has 0 spiro atoms. The second-order valence-electron chi connectivity index (χ2n) is 46.1. The first-order valence-corrected chi connectivity index (χ1v) is 57.5. The highest BCUT2D eigenvalue weighted by Crippen LogP contribution is 2.74. The van der Waals surface area contributed by atoms with Crippen LogP contribution in [0.25, 0.3) is 22.3 Å². The van der Waals surface area contributed by atoms with E-state index in [1.54, 1.807) is 0 Å². The number of rotatable bonds is 14. The molecule has 0 saturated carbocycles. The van der Waals surface area contributed by atoms with Gasteiger partial charge in [-0.15, -0.1) is 0 Å². The van der Waals surface area contributed by atoms with Gasteiger partial charge in [0.25, 0.3) is 24.5 Å². The number of allylic oxidation sites excluding steroid dienone is 4. The molecule has 0 nitrogen and oxygen atoms in total. The van der Waals surface area contributed by atoms with Crippen molar-refractivity contribution < 1.29 is 0 Å². The molecule has 0 N–H and O–H groups in total. The van der Waals surface area contributed by atoms with Gasteiger partial charge in [0.05, 0.1) is 16.1 Å². The third-order valence-electron chi connectivity index (χ3n) is 25.8. The first kappa shape index (κ1) is 91.4. The van der Waals surface area contributed by atoms with E-state index in [0.29, 0.717) is 0 Å². The summed E-state index contributed by atoms with van der Waals surface area (Å²) in [5, 5.41) is 0. The first-order valence-electron chi connectivity index (χ1n) is 41.8. The zero-order valence-corrected chi connectivity index (χ0v) is 83.3. The Morgan fingerprint density at radius 2 is 0.411 bits per heavy atom. The highest BCUT2D eigenvalue weighted by atomic mass is 35.5. The summed E-state index contributed by atoms with van der Waals surface area (Å²) in [6, 6.07) is 74.6. The predicted octanol–water partition coefficient (Wildman–Crippen LogP) is 29.4. The lowest BCUT2D eigenvalue weighted by molar-refractivity contribution is 0.567. The smallest absolute Gasteiger partial charge is 0.195 e. The molecule has 2 aliphatic heterocycles. The van der Waals surface area contributed by atoms with Crippen LogP contribution in [0.3, 0.4) is 0 Å². The molecule has 0 unspecified atom stereocenters. The Morgan fingerprint density at radius 3 is 0.571 bits per heavy atom. The minimum atomic E-state index is -2.43. The van der Waals surface area contributed by atoms with E-state index in [2.05, 4.69) is 439 Å². The summed E-state index contributed by atoms with van der Waals surface area (Å²) >= 11 is 34.5. The molecule has 10 rings (SSSR count). The van der Waals surface area contributed by atoms with E-state index in [-0.39, 0.29) is 67.8 Å². The van der Waals surface area contributed by atoms with Gasteiger partial charge < -0.3 is 0 Å². The summed E-state index contributed by atoms with van der Waals surface area (Å²) in [7, 11) is -9.60. The fraction of sp³-hybridized carbons (Fsp3) is 0.480. The summed E-state index contributed by atoms with van der Waals surface area (Å²) in [5.41, 5.74) is 25.8. The van der Waals surface area contributed by atoms with Crippen molar-refractivity contribution in [1.29, 1.82) is 0 Å². The van der Waals surface area contributed by atoms with Crippen LogP contribution in [0.1, 0.15) is 244 Å². The molecule has 4 atom stereocenters. The lowest BCUT2D eigenvalue weighted by Gasteiger charge is -2.52. The molecular formula is C100H140B4Cl4Si4. The van der Waals surface area contributed by atoms with Crippen molar-refractivity contribution in [3.05, 3.63) is 272 Å². The van der Waals surface area contributed by atoms with Crippen LogP contribution in [0.2, 0.25) is 88.2 Å². The van der Waals surface area contributed by atoms with Crippen LogP contribution in [0.4, 0.5) is 0 Å². The molecule has 0 aliphatic carbocycles. The second kappa shape index (κ2) is 31.0. The average Bonchev–Trinajstić information content (AvgIpc) is 1.50. The molecule has 0 saturated heterocycles. The van der Waals surface area contributed by atoms with E-state index in [1.807, 2.05) is 0 Å². The molecular weight excluding hydrogens is 1500 g/mol. The SMILES string of the molecule is CC(C)(C)c1cc(C2=C(c3cc(C(C)(C)C)cc(C(C)(C)C)c3)[C@@](c3ccccc3)([Si](C)(C)C)B(Cl)[C@]2(B(Cl)c2ccccc2)[Si](C)(C)C)cc(C(C)(C)C)c1.CC(C)(C)c1cc(C2=C(c3cc(C(C)(C)C)cc(C(C)(C)C)c3)[C@@](c3ccccc3)([Si](C)(C)C)B(Cl)[C@]2(B(Cl)c2ccccc2)[Si](C)(C)C)cc(C(C)(C)C)c1. The molecule has 0 radical (unpaired) electrons. The van der Waals surface area contributed by atoms with Crippen molar-refractivity contribution in [3.63, 3.8) is 0 Å². The van der Waals surface area contributed by atoms with Gasteiger partial charge in [0.2, 0.25) is 0 Å². The minimum absolute atomic E-state index is 0.0647. The van der Waals surface area contributed by atoms with Crippen molar-refractivity contribution in [2.24, 2.45) is 0 Å². The van der Waals surface area contributed by atoms with E-state index in [9.17, 15) is 0 Å². The molecule has 0 bridgehead atoms. The van der Waals surface area contributed by atoms with Gasteiger partial charge in [-0.3, -0.25) is 0 Å². The topological polar surface area (TPSA) is 0 Å². The molecule has 0 aromatic heterocycles. The number of hydrogen-bond acceptors (Lipinski definition) is 0. The second-order valence-corrected chi connectivity index (χ2v) is 69.0. The summed E-state index contributed by atoms with van der Waals surface area (Å²) in [6.07, 6.45) is -1.38. The van der Waals surface area contributed by atoms with Gasteiger partial charge in [-0.1, -0.05) is 450 Å². The molecule has 0 amide bonds. The Morgan fingerprint density at radius 1 is 0.241 bits per heavy atom. The van der Waals surface area contributed by atoms with Gasteiger partial charge >= 0.3 is 0 Å². The maximum absolute atomic E-state index is 8.86. The standard InChI is InChI=1S/2C50H70B2Cl2Si2/c2*1-45(2,3)38-29-35(30-39(33-38)46(4,5)6)43-44(36-31-40(47(7,8)9)34-41(32-36)48(10,11)12)50(56(16,17)18,51(53)42-27-23-20-24-28-42)52(54)49(43,55(13,14)15)37-25-21-19-22-26-37/h2*19-34H,1-18H3/t2*49-,50+/m11/s1.